The highest BCUT2D eigenvalue weighted by atomic mass is 19.3. The van der Waals surface area contributed by atoms with Crippen molar-refractivity contribution in [3.8, 4) is 23.3 Å². The van der Waals surface area contributed by atoms with E-state index in [4.69, 9.17) is 0 Å². The van der Waals surface area contributed by atoms with Crippen molar-refractivity contribution in [1.82, 2.24) is 0 Å². The lowest BCUT2D eigenvalue weighted by atomic mass is 9.88. The van der Waals surface area contributed by atoms with Crippen molar-refractivity contribution >= 4 is 10.8 Å². The first-order valence-corrected chi connectivity index (χ1v) is 8.73. The maximum Gasteiger partial charge on any atom is 0.242 e. The molecule has 0 aliphatic carbocycles. The third kappa shape index (κ3) is 3.66. The predicted octanol–water partition coefficient (Wildman–Crippen LogP) is 6.18. The van der Waals surface area contributed by atoms with Crippen molar-refractivity contribution in [1.29, 1.82) is 10.5 Å². The standard InChI is InChI=1S/C23H18F2N2/c1-14(2)16-6-7-17-10-19(12-26)21(13-27)23(20(17)11-16)18-5-3-4-15(8-18)9-22(24)25/h3-8,10-11,14,22H,9H2,1-2H3. The smallest absolute Gasteiger partial charge is 0.210 e. The second-order valence-corrected chi connectivity index (χ2v) is 6.83. The summed E-state index contributed by atoms with van der Waals surface area (Å²) in [6.45, 7) is 4.16. The average molecular weight is 360 g/mol. The van der Waals surface area contributed by atoms with Crippen LogP contribution < -0.4 is 0 Å². The lowest BCUT2D eigenvalue weighted by Crippen LogP contribution is -1.98. The monoisotopic (exact) mass is 360 g/mol. The Morgan fingerprint density at radius 2 is 1.74 bits per heavy atom. The lowest BCUT2D eigenvalue weighted by Gasteiger charge is -2.15. The van der Waals surface area contributed by atoms with Crippen LogP contribution in [-0.4, -0.2) is 6.43 Å². The van der Waals surface area contributed by atoms with Gasteiger partial charge in [-0.05, 0) is 39.4 Å². The van der Waals surface area contributed by atoms with Gasteiger partial charge in [0.05, 0.1) is 11.1 Å². The first-order valence-electron chi connectivity index (χ1n) is 8.73. The Labute approximate surface area is 157 Å². The molecule has 0 aromatic heterocycles. The maximum atomic E-state index is 12.8. The Balaban J connectivity index is 2.37. The van der Waals surface area contributed by atoms with Gasteiger partial charge in [0.25, 0.3) is 0 Å². The van der Waals surface area contributed by atoms with E-state index in [1.54, 1.807) is 30.3 Å². The molecule has 3 rings (SSSR count). The fraction of sp³-hybridized carbons (Fsp3) is 0.217. The third-order valence-electron chi connectivity index (χ3n) is 4.67. The van der Waals surface area contributed by atoms with Gasteiger partial charge in [-0.15, -0.1) is 0 Å². The fourth-order valence-electron chi connectivity index (χ4n) is 3.31. The van der Waals surface area contributed by atoms with Crippen LogP contribution in [0.5, 0.6) is 0 Å². The van der Waals surface area contributed by atoms with Gasteiger partial charge in [0.15, 0.2) is 0 Å². The van der Waals surface area contributed by atoms with Gasteiger partial charge in [-0.1, -0.05) is 56.3 Å². The first-order chi connectivity index (χ1) is 12.9. The van der Waals surface area contributed by atoms with Crippen LogP contribution in [0.25, 0.3) is 21.9 Å². The summed E-state index contributed by atoms with van der Waals surface area (Å²) in [5.74, 6) is 0.300. The molecule has 0 radical (unpaired) electrons. The van der Waals surface area contributed by atoms with Crippen LogP contribution in [0.4, 0.5) is 8.78 Å². The van der Waals surface area contributed by atoms with E-state index in [9.17, 15) is 19.3 Å². The quantitative estimate of drug-likeness (QED) is 0.557. The maximum absolute atomic E-state index is 12.8. The fourth-order valence-corrected chi connectivity index (χ4v) is 3.31. The zero-order chi connectivity index (χ0) is 19.6. The number of fused-ring (bicyclic) bond motifs is 1. The summed E-state index contributed by atoms with van der Waals surface area (Å²) in [6.07, 6.45) is -2.78. The van der Waals surface area contributed by atoms with E-state index >= 15 is 0 Å². The molecule has 2 nitrogen and oxygen atoms in total. The number of benzene rings is 3. The largest absolute Gasteiger partial charge is 0.242 e. The molecule has 0 spiro atoms. The van der Waals surface area contributed by atoms with Crippen LogP contribution >= 0.6 is 0 Å². The van der Waals surface area contributed by atoms with E-state index in [1.165, 1.54) is 0 Å². The van der Waals surface area contributed by atoms with Crippen molar-refractivity contribution in [2.45, 2.75) is 32.6 Å². The molecule has 0 atom stereocenters. The topological polar surface area (TPSA) is 47.6 Å². The Morgan fingerprint density at radius 3 is 2.37 bits per heavy atom. The first kappa shape index (κ1) is 18.5. The average Bonchev–Trinajstić information content (AvgIpc) is 2.65. The molecule has 0 fully saturated rings. The molecular formula is C23H18F2N2. The minimum atomic E-state index is -2.44. The summed E-state index contributed by atoms with van der Waals surface area (Å²) in [7, 11) is 0. The molecule has 134 valence electrons. The number of alkyl halides is 2. The molecule has 3 aromatic rings. The summed E-state index contributed by atoms with van der Waals surface area (Å²) < 4.78 is 25.6. The minimum Gasteiger partial charge on any atom is -0.210 e. The summed E-state index contributed by atoms with van der Waals surface area (Å²) in [5, 5.41) is 20.9. The van der Waals surface area contributed by atoms with Crippen LogP contribution in [0.15, 0.2) is 48.5 Å². The van der Waals surface area contributed by atoms with Gasteiger partial charge in [-0.2, -0.15) is 10.5 Å². The summed E-state index contributed by atoms with van der Waals surface area (Å²) in [5.41, 5.74) is 3.48. The number of nitrogens with zero attached hydrogens (tertiary/aromatic N) is 2. The Bertz CT molecular complexity index is 1090. The third-order valence-corrected chi connectivity index (χ3v) is 4.67. The molecule has 0 bridgehead atoms. The normalized spacial score (nSPS) is 11.0. The zero-order valence-corrected chi connectivity index (χ0v) is 15.1. The molecule has 0 saturated carbocycles. The number of hydrogen-bond donors (Lipinski definition) is 0. The van der Waals surface area contributed by atoms with Gasteiger partial charge in [-0.3, -0.25) is 0 Å². The number of halogens is 2. The van der Waals surface area contributed by atoms with Crippen molar-refractivity contribution in [3.05, 3.63) is 70.8 Å². The van der Waals surface area contributed by atoms with Crippen LogP contribution in [0.3, 0.4) is 0 Å². The molecule has 4 heteroatoms. The van der Waals surface area contributed by atoms with Crippen molar-refractivity contribution < 1.29 is 8.78 Å². The molecule has 0 heterocycles. The van der Waals surface area contributed by atoms with Gasteiger partial charge in [0.1, 0.15) is 12.1 Å². The summed E-state index contributed by atoms with van der Waals surface area (Å²) >= 11 is 0. The molecule has 0 amide bonds. The van der Waals surface area contributed by atoms with Gasteiger partial charge in [0, 0.05) is 12.0 Å². The summed E-state index contributed by atoms with van der Waals surface area (Å²) in [6, 6.07) is 18.8. The highest BCUT2D eigenvalue weighted by molar-refractivity contribution is 6.01. The molecule has 0 aliphatic rings. The molecule has 0 saturated heterocycles. The number of hydrogen-bond acceptors (Lipinski definition) is 2. The van der Waals surface area contributed by atoms with E-state index in [0.717, 1.165) is 16.3 Å². The zero-order valence-electron chi connectivity index (χ0n) is 15.1. The van der Waals surface area contributed by atoms with Crippen LogP contribution in [0.2, 0.25) is 0 Å². The van der Waals surface area contributed by atoms with Gasteiger partial charge in [-0.25, -0.2) is 8.78 Å². The van der Waals surface area contributed by atoms with Crippen LogP contribution in [0.1, 0.15) is 42.0 Å². The number of rotatable bonds is 4. The minimum absolute atomic E-state index is 0.278. The highest BCUT2D eigenvalue weighted by Gasteiger charge is 2.17. The van der Waals surface area contributed by atoms with E-state index in [1.807, 2.05) is 18.2 Å². The van der Waals surface area contributed by atoms with E-state index < -0.39 is 6.43 Å². The van der Waals surface area contributed by atoms with Crippen LogP contribution in [0, 0.1) is 22.7 Å². The predicted molar refractivity (Wildman–Crippen MR) is 103 cm³/mol. The Hall–Kier alpha value is -3.24. The van der Waals surface area contributed by atoms with Crippen molar-refractivity contribution in [2.24, 2.45) is 0 Å². The molecular weight excluding hydrogens is 342 g/mol. The Kier molecular flexibility index (Phi) is 5.19. The SMILES string of the molecule is CC(C)c1ccc2cc(C#N)c(C#N)c(-c3cccc(CC(F)F)c3)c2c1. The second-order valence-electron chi connectivity index (χ2n) is 6.83. The van der Waals surface area contributed by atoms with Gasteiger partial charge < -0.3 is 0 Å². The highest BCUT2D eigenvalue weighted by Crippen LogP contribution is 2.36. The molecule has 0 N–H and O–H groups in total. The molecule has 3 aromatic carbocycles. The molecule has 0 aliphatic heterocycles. The second kappa shape index (κ2) is 7.56. The van der Waals surface area contributed by atoms with Crippen LogP contribution in [-0.2, 0) is 6.42 Å². The summed E-state index contributed by atoms with van der Waals surface area (Å²) in [4.78, 5) is 0. The van der Waals surface area contributed by atoms with E-state index in [0.29, 0.717) is 22.6 Å². The van der Waals surface area contributed by atoms with Crippen molar-refractivity contribution in [3.63, 3.8) is 0 Å². The molecule has 0 unspecified atom stereocenters. The lowest BCUT2D eigenvalue weighted by molar-refractivity contribution is 0.149. The molecule has 27 heavy (non-hydrogen) atoms. The number of nitriles is 2. The van der Waals surface area contributed by atoms with Gasteiger partial charge in [0.2, 0.25) is 6.43 Å². The van der Waals surface area contributed by atoms with E-state index in [-0.39, 0.29) is 17.5 Å². The Morgan fingerprint density at radius 1 is 0.963 bits per heavy atom. The van der Waals surface area contributed by atoms with E-state index in [2.05, 4.69) is 26.0 Å². The van der Waals surface area contributed by atoms with Gasteiger partial charge >= 0.3 is 0 Å². The van der Waals surface area contributed by atoms with Crippen molar-refractivity contribution in [2.75, 3.05) is 0 Å².